The molecule has 2 aliphatic rings. The highest BCUT2D eigenvalue weighted by Crippen LogP contribution is 2.20. The Bertz CT molecular complexity index is 728. The molecule has 3 rings (SSSR count). The summed E-state index contributed by atoms with van der Waals surface area (Å²) >= 11 is 0. The predicted molar refractivity (Wildman–Crippen MR) is 120 cm³/mol. The van der Waals surface area contributed by atoms with Gasteiger partial charge in [-0.1, -0.05) is 12.1 Å². The third-order valence-corrected chi connectivity index (χ3v) is 5.69. The van der Waals surface area contributed by atoms with Crippen LogP contribution in [0.1, 0.15) is 25.3 Å². The number of morpholine rings is 1. The second kappa shape index (κ2) is 11.9. The number of likely N-dealkylation sites (tertiary alicyclic amines) is 1. The Morgan fingerprint density at radius 3 is 2.68 bits per heavy atom. The van der Waals surface area contributed by atoms with E-state index in [9.17, 15) is 9.90 Å². The largest absolute Gasteiger partial charge is 0.491 e. The normalized spacial score (nSPS) is 19.3. The summed E-state index contributed by atoms with van der Waals surface area (Å²) in [6.45, 7) is 9.48. The molecule has 1 aromatic carbocycles. The number of nitrogens with zero attached hydrogens (tertiary/aromatic N) is 3. The molecule has 0 spiro atoms. The van der Waals surface area contributed by atoms with Crippen molar-refractivity contribution in [3.8, 4) is 5.75 Å². The molecule has 0 saturated carbocycles. The fourth-order valence-electron chi connectivity index (χ4n) is 3.95. The van der Waals surface area contributed by atoms with E-state index in [0.717, 1.165) is 49.7 Å². The summed E-state index contributed by atoms with van der Waals surface area (Å²) in [5.74, 6) is 1.87. The van der Waals surface area contributed by atoms with E-state index < -0.39 is 6.10 Å². The molecular formula is C23H36N4O4. The topological polar surface area (TPSA) is 86.6 Å². The summed E-state index contributed by atoms with van der Waals surface area (Å²) in [6, 6.07) is 7.78. The van der Waals surface area contributed by atoms with Crippen molar-refractivity contribution in [1.82, 2.24) is 15.1 Å². The molecule has 0 bridgehead atoms. The number of ether oxygens (including phenoxy) is 2. The zero-order valence-corrected chi connectivity index (χ0v) is 18.8. The summed E-state index contributed by atoms with van der Waals surface area (Å²) in [5, 5.41) is 13.6. The number of rotatable bonds is 7. The van der Waals surface area contributed by atoms with Crippen LogP contribution in [0.3, 0.4) is 0 Å². The first-order valence-corrected chi connectivity index (χ1v) is 11.3. The zero-order valence-electron chi connectivity index (χ0n) is 18.8. The number of guanidine groups is 1. The van der Waals surface area contributed by atoms with Gasteiger partial charge in [0.2, 0.25) is 5.91 Å². The first-order valence-electron chi connectivity index (χ1n) is 11.3. The Labute approximate surface area is 185 Å². The second-order valence-corrected chi connectivity index (χ2v) is 8.17. The van der Waals surface area contributed by atoms with Crippen LogP contribution in [0.25, 0.3) is 0 Å². The van der Waals surface area contributed by atoms with Crippen molar-refractivity contribution in [3.63, 3.8) is 0 Å². The Balaban J connectivity index is 1.47. The fraction of sp³-hybridized carbons (Fsp3) is 0.652. The summed E-state index contributed by atoms with van der Waals surface area (Å²) in [7, 11) is 0. The van der Waals surface area contributed by atoms with Gasteiger partial charge < -0.3 is 29.7 Å². The quantitative estimate of drug-likeness (QED) is 0.499. The molecule has 2 saturated heterocycles. The van der Waals surface area contributed by atoms with E-state index >= 15 is 0 Å². The minimum absolute atomic E-state index is 0.0746. The maximum Gasteiger partial charge on any atom is 0.225 e. The van der Waals surface area contributed by atoms with Crippen LogP contribution in [-0.2, 0) is 9.53 Å². The number of carbonyl (C=O) groups excluding carboxylic acids is 1. The number of aryl methyl sites for hydroxylation is 1. The van der Waals surface area contributed by atoms with Crippen molar-refractivity contribution in [2.75, 3.05) is 59.1 Å². The minimum Gasteiger partial charge on any atom is -0.491 e. The van der Waals surface area contributed by atoms with Gasteiger partial charge >= 0.3 is 0 Å². The average molecular weight is 433 g/mol. The molecule has 172 valence electrons. The molecule has 0 aliphatic carbocycles. The summed E-state index contributed by atoms with van der Waals surface area (Å²) in [4.78, 5) is 21.5. The molecule has 1 amide bonds. The maximum atomic E-state index is 12.7. The molecule has 2 N–H and O–H groups in total. The molecule has 31 heavy (non-hydrogen) atoms. The van der Waals surface area contributed by atoms with Crippen molar-refractivity contribution >= 4 is 11.9 Å². The van der Waals surface area contributed by atoms with Gasteiger partial charge in [0.05, 0.1) is 19.8 Å². The summed E-state index contributed by atoms with van der Waals surface area (Å²) in [6.07, 6.45) is 0.953. The highest BCUT2D eigenvalue weighted by atomic mass is 16.5. The number of aliphatic hydroxyl groups excluding tert-OH is 1. The Morgan fingerprint density at radius 2 is 2.00 bits per heavy atom. The van der Waals surface area contributed by atoms with E-state index in [4.69, 9.17) is 9.47 Å². The lowest BCUT2D eigenvalue weighted by atomic mass is 9.95. The van der Waals surface area contributed by atoms with Crippen LogP contribution >= 0.6 is 0 Å². The molecule has 1 atom stereocenters. The molecule has 2 heterocycles. The molecule has 1 aromatic rings. The van der Waals surface area contributed by atoms with Crippen LogP contribution in [0.15, 0.2) is 29.3 Å². The maximum absolute atomic E-state index is 12.7. The highest BCUT2D eigenvalue weighted by Gasteiger charge is 2.30. The third kappa shape index (κ3) is 7.11. The van der Waals surface area contributed by atoms with E-state index in [0.29, 0.717) is 26.3 Å². The number of aliphatic imine (C=N–C) groups is 1. The summed E-state index contributed by atoms with van der Waals surface area (Å²) < 4.78 is 11.0. The number of aliphatic hydroxyl groups is 1. The minimum atomic E-state index is -0.686. The lowest BCUT2D eigenvalue weighted by Gasteiger charge is -2.36. The van der Waals surface area contributed by atoms with Gasteiger partial charge in [0.15, 0.2) is 5.96 Å². The molecule has 2 aliphatic heterocycles. The number of benzene rings is 1. The van der Waals surface area contributed by atoms with Crippen molar-refractivity contribution in [2.24, 2.45) is 10.9 Å². The van der Waals surface area contributed by atoms with Crippen molar-refractivity contribution in [1.29, 1.82) is 0 Å². The third-order valence-electron chi connectivity index (χ3n) is 5.69. The van der Waals surface area contributed by atoms with Gasteiger partial charge in [-0.3, -0.25) is 9.79 Å². The molecule has 2 fully saturated rings. The van der Waals surface area contributed by atoms with E-state index in [1.54, 1.807) is 0 Å². The van der Waals surface area contributed by atoms with Crippen molar-refractivity contribution in [3.05, 3.63) is 29.8 Å². The average Bonchev–Trinajstić information content (AvgIpc) is 2.81. The van der Waals surface area contributed by atoms with Crippen LogP contribution in [0.4, 0.5) is 0 Å². The molecule has 0 aromatic heterocycles. The number of piperidine rings is 1. The predicted octanol–water partition coefficient (Wildman–Crippen LogP) is 1.27. The SMILES string of the molecule is CCNC(=NCC(O)COc1cccc(C)c1)N1CCC(C(=O)N2CCOCC2)CC1. The number of carbonyl (C=O) groups is 1. The number of hydrogen-bond donors (Lipinski definition) is 2. The van der Waals surface area contributed by atoms with Gasteiger partial charge in [-0.2, -0.15) is 0 Å². The van der Waals surface area contributed by atoms with Crippen molar-refractivity contribution < 1.29 is 19.4 Å². The van der Waals surface area contributed by atoms with Crippen LogP contribution < -0.4 is 10.1 Å². The molecule has 8 heteroatoms. The van der Waals surface area contributed by atoms with Gasteiger partial charge in [-0.05, 0) is 44.4 Å². The summed E-state index contributed by atoms with van der Waals surface area (Å²) in [5.41, 5.74) is 1.12. The standard InChI is InChI=1S/C23H36N4O4/c1-3-24-23(25-16-20(28)17-31-21-6-4-5-18(2)15-21)27-9-7-19(8-10-27)22(29)26-11-13-30-14-12-26/h4-6,15,19-20,28H,3,7-14,16-17H2,1-2H3,(H,24,25). The lowest BCUT2D eigenvalue weighted by molar-refractivity contribution is -0.140. The molecule has 0 radical (unpaired) electrons. The zero-order chi connectivity index (χ0) is 22.1. The van der Waals surface area contributed by atoms with Gasteiger partial charge in [-0.15, -0.1) is 0 Å². The van der Waals surface area contributed by atoms with Crippen LogP contribution in [0.5, 0.6) is 5.75 Å². The first kappa shape index (κ1) is 23.3. The molecular weight excluding hydrogens is 396 g/mol. The van der Waals surface area contributed by atoms with Gasteiger partial charge in [0.25, 0.3) is 0 Å². The second-order valence-electron chi connectivity index (χ2n) is 8.17. The highest BCUT2D eigenvalue weighted by molar-refractivity contribution is 5.82. The molecule has 1 unspecified atom stereocenters. The van der Waals surface area contributed by atoms with E-state index in [1.807, 2.05) is 43.0 Å². The monoisotopic (exact) mass is 432 g/mol. The van der Waals surface area contributed by atoms with E-state index in [1.165, 1.54) is 0 Å². The van der Waals surface area contributed by atoms with Crippen LogP contribution in [0, 0.1) is 12.8 Å². The Kier molecular flexibility index (Phi) is 8.97. The smallest absolute Gasteiger partial charge is 0.225 e. The first-order chi connectivity index (χ1) is 15.1. The van der Waals surface area contributed by atoms with Crippen LogP contribution in [-0.4, -0.2) is 92.0 Å². The van der Waals surface area contributed by atoms with E-state index in [-0.39, 0.29) is 25.0 Å². The van der Waals surface area contributed by atoms with Crippen LogP contribution in [0.2, 0.25) is 0 Å². The fourth-order valence-corrected chi connectivity index (χ4v) is 3.95. The van der Waals surface area contributed by atoms with Gasteiger partial charge in [0, 0.05) is 38.6 Å². The lowest BCUT2D eigenvalue weighted by Crippen LogP contribution is -2.50. The molecule has 8 nitrogen and oxygen atoms in total. The van der Waals surface area contributed by atoms with Gasteiger partial charge in [0.1, 0.15) is 18.5 Å². The van der Waals surface area contributed by atoms with Crippen molar-refractivity contribution in [2.45, 2.75) is 32.8 Å². The number of nitrogens with one attached hydrogen (secondary N) is 1. The van der Waals surface area contributed by atoms with E-state index in [2.05, 4.69) is 15.2 Å². The number of hydrogen-bond acceptors (Lipinski definition) is 5. The Hall–Kier alpha value is -2.32. The number of amides is 1. The Morgan fingerprint density at radius 1 is 1.26 bits per heavy atom. The van der Waals surface area contributed by atoms with Gasteiger partial charge in [-0.25, -0.2) is 0 Å².